The fraction of sp³-hybridized carbons (Fsp3) is 0.0761. The summed E-state index contributed by atoms with van der Waals surface area (Å²) >= 11 is 11.9. The highest BCUT2D eigenvalue weighted by Gasteiger charge is 2.23. The van der Waals surface area contributed by atoms with Crippen LogP contribution in [0.25, 0.3) is 56.3 Å². The lowest BCUT2D eigenvalue weighted by Crippen LogP contribution is -2.25. The maximum Gasteiger partial charge on any atom is 0.262 e. The van der Waals surface area contributed by atoms with Gasteiger partial charge in [-0.05, 0) is 219 Å². The molecule has 10 aromatic carbocycles. The Labute approximate surface area is 728 Å². The molecule has 126 heavy (non-hydrogen) atoms. The number of carbonyl (C=O) groups excluding carboxylic acids is 5. The highest BCUT2D eigenvalue weighted by molar-refractivity contribution is 6.31. The van der Waals surface area contributed by atoms with Crippen molar-refractivity contribution in [2.24, 2.45) is 0 Å². The zero-order valence-electron chi connectivity index (χ0n) is 66.6. The minimum Gasteiger partial charge on any atom is -0.497 e. The van der Waals surface area contributed by atoms with E-state index in [1.54, 1.807) is 105 Å². The van der Waals surface area contributed by atoms with Crippen LogP contribution in [0.5, 0.6) is 34.5 Å². The summed E-state index contributed by atoms with van der Waals surface area (Å²) in [7, 11) is 1.62. The van der Waals surface area contributed by atoms with Crippen LogP contribution in [0.2, 0.25) is 10.0 Å². The molecule has 0 unspecified atom stereocenters. The molecule has 34 heteroatoms. The number of fused-ring (bicyclic) bond motifs is 5. The van der Waals surface area contributed by atoms with Crippen molar-refractivity contribution in [1.29, 1.82) is 0 Å². The molecule has 20 rings (SSSR count). The van der Waals surface area contributed by atoms with Gasteiger partial charge in [-0.15, -0.1) is 0 Å². The smallest absolute Gasteiger partial charge is 0.262 e. The quantitative estimate of drug-likeness (QED) is 0.0429. The Hall–Kier alpha value is -16.7. The number of rotatable bonds is 16. The molecule has 10 heterocycles. The van der Waals surface area contributed by atoms with Gasteiger partial charge in [0.25, 0.3) is 29.5 Å². The van der Waals surface area contributed by atoms with Gasteiger partial charge in [0.2, 0.25) is 29.7 Å². The molecule has 31 nitrogen and oxygen atoms in total. The van der Waals surface area contributed by atoms with Crippen LogP contribution in [0.3, 0.4) is 0 Å². The van der Waals surface area contributed by atoms with E-state index in [4.69, 9.17) is 51.6 Å². The Morgan fingerprint density at radius 2 is 0.627 bits per heavy atom. The zero-order valence-corrected chi connectivity index (χ0v) is 68.1. The topological polar surface area (TPSA) is 390 Å². The number of benzene rings is 10. The summed E-state index contributed by atoms with van der Waals surface area (Å²) in [6, 6.07) is 72.7. The number of aryl methyl sites for hydroxylation is 1. The second kappa shape index (κ2) is 38.8. The van der Waals surface area contributed by atoms with Crippen LogP contribution >= 0.6 is 23.2 Å². The number of amides is 5. The summed E-state index contributed by atoms with van der Waals surface area (Å²) in [5, 5.41) is 30.9. The van der Waals surface area contributed by atoms with Crippen molar-refractivity contribution >= 4 is 139 Å². The van der Waals surface area contributed by atoms with Crippen molar-refractivity contribution in [3.8, 4) is 90.8 Å². The first-order valence-electron chi connectivity index (χ1n) is 38.7. The fourth-order valence-corrected chi connectivity index (χ4v) is 13.1. The number of methoxy groups -OCH3 is 1. The fourth-order valence-electron chi connectivity index (χ4n) is 12.8. The molecule has 5 aliphatic rings. The Balaban J connectivity index is 0.000000116. The molecular formula is C92H71Cl2FN20O11. The largest absolute Gasteiger partial charge is 0.497 e. The van der Waals surface area contributed by atoms with Crippen molar-refractivity contribution in [2.75, 3.05) is 93.3 Å². The van der Waals surface area contributed by atoms with Crippen LogP contribution < -0.4 is 81.6 Å². The lowest BCUT2D eigenvalue weighted by molar-refractivity contribution is -0.119. The highest BCUT2D eigenvalue weighted by atomic mass is 35.5. The summed E-state index contributed by atoms with van der Waals surface area (Å²) in [5.74, 6) is 5.12. The number of hydrogen-bond donors (Lipinski definition) is 10. The van der Waals surface area contributed by atoms with Gasteiger partial charge in [0.05, 0.1) is 64.0 Å². The van der Waals surface area contributed by atoms with Crippen LogP contribution in [0.1, 0.15) is 5.56 Å². The van der Waals surface area contributed by atoms with E-state index in [9.17, 15) is 28.4 Å². The van der Waals surface area contributed by atoms with E-state index >= 15 is 0 Å². The zero-order chi connectivity index (χ0) is 86.8. The van der Waals surface area contributed by atoms with Gasteiger partial charge >= 0.3 is 0 Å². The van der Waals surface area contributed by atoms with Gasteiger partial charge in [0.15, 0.2) is 33.0 Å². The first kappa shape index (κ1) is 82.9. The van der Waals surface area contributed by atoms with Gasteiger partial charge < -0.3 is 81.6 Å². The molecular weight excluding hydrogens is 1650 g/mol. The second-order valence-electron chi connectivity index (χ2n) is 27.8. The molecule has 0 saturated heterocycles. The normalized spacial score (nSPS) is 12.7. The molecule has 15 aromatic rings. The van der Waals surface area contributed by atoms with Gasteiger partial charge in [-0.3, -0.25) is 24.0 Å². The minimum atomic E-state index is -0.307. The molecule has 0 atom stereocenters. The van der Waals surface area contributed by atoms with E-state index in [0.717, 1.165) is 84.7 Å². The van der Waals surface area contributed by atoms with E-state index < -0.39 is 0 Å². The third-order valence-corrected chi connectivity index (χ3v) is 19.3. The number of hydrogen-bond acceptors (Lipinski definition) is 26. The van der Waals surface area contributed by atoms with Gasteiger partial charge in [-0.25, -0.2) is 54.2 Å². The highest BCUT2D eigenvalue weighted by Crippen LogP contribution is 2.39. The Kier molecular flexibility index (Phi) is 25.5. The number of halogens is 3. The van der Waals surface area contributed by atoms with Gasteiger partial charge in [0.1, 0.15) is 40.3 Å². The predicted molar refractivity (Wildman–Crippen MR) is 478 cm³/mol. The van der Waals surface area contributed by atoms with Crippen molar-refractivity contribution < 1.29 is 56.8 Å². The van der Waals surface area contributed by atoms with Crippen LogP contribution in [-0.4, -0.2) is 120 Å². The average molecular weight is 1720 g/mol. The SMILES string of the molecule is COc1cccc(Nc2nccc(-c3ccc4c(c3)NC(=O)CO4)n2)c1.Cc1ccccc1Nc1nccc(-c2ccc3c(c2)NC(=O)CO3)n1.O=C1COc2ccc(-c3ccnc(Nc4ccc(Cl)cc4)n3)cc2N1.O=C1COc2ccc(-c3ccnc(Nc4ccc(F)cc4)n3)cc2N1.O=C1COc2ccc(-c3ccnc(Nc4cccc(Cl)c4)n3)cc2N1. The number of aromatic nitrogens is 10. The van der Waals surface area contributed by atoms with Crippen LogP contribution in [0.4, 0.5) is 91.0 Å². The van der Waals surface area contributed by atoms with E-state index in [1.165, 1.54) is 12.1 Å². The maximum atomic E-state index is 13.0. The third-order valence-electron chi connectivity index (χ3n) is 18.8. The number of ether oxygens (including phenoxy) is 6. The van der Waals surface area contributed by atoms with E-state index in [1.807, 2.05) is 171 Å². The molecule has 10 N–H and O–H groups in total. The Morgan fingerprint density at radius 1 is 0.317 bits per heavy atom. The third kappa shape index (κ3) is 21.7. The molecule has 0 fully saturated rings. The molecule has 0 saturated carbocycles. The van der Waals surface area contributed by atoms with Crippen molar-refractivity contribution in [2.45, 2.75) is 6.92 Å². The lowest BCUT2D eigenvalue weighted by atomic mass is 10.1. The average Bonchev–Trinajstić information content (AvgIpc) is 0.825. The van der Waals surface area contributed by atoms with Crippen molar-refractivity contribution in [3.05, 3.63) is 295 Å². The molecule has 0 aliphatic carbocycles. The maximum absolute atomic E-state index is 13.0. The molecule has 5 amide bonds. The van der Waals surface area contributed by atoms with Gasteiger partial charge in [0, 0.05) is 103 Å². The molecule has 0 bridgehead atoms. The van der Waals surface area contributed by atoms with Crippen molar-refractivity contribution in [3.63, 3.8) is 0 Å². The van der Waals surface area contributed by atoms with E-state index in [-0.39, 0.29) is 68.4 Å². The van der Waals surface area contributed by atoms with Crippen molar-refractivity contribution in [1.82, 2.24) is 49.8 Å². The van der Waals surface area contributed by atoms with Crippen LogP contribution in [0.15, 0.2) is 274 Å². The monoisotopic (exact) mass is 1720 g/mol. The minimum absolute atomic E-state index is 0.0194. The first-order chi connectivity index (χ1) is 61.4. The number of anilines is 15. The summed E-state index contributed by atoms with van der Waals surface area (Å²) < 4.78 is 45.1. The number of carbonyl (C=O) groups is 5. The first-order valence-corrected chi connectivity index (χ1v) is 39.5. The molecule has 626 valence electrons. The van der Waals surface area contributed by atoms with Crippen LogP contribution in [0, 0.1) is 12.7 Å². The standard InChI is InChI=1S/C19H16N4O3.C19H16N4O2.2C18H13ClN4O2.C18H13FN4O2/c1-25-14-4-2-3-13(10-14)21-19-20-8-7-15(23-19)12-5-6-17-16(9-12)22-18(24)11-26-17;1-12-4-2-3-5-14(12)22-19-20-9-8-15(23-19)13-6-7-17-16(10-13)21-18(24)11-25-17;19-12-2-4-13(5-3-12)21-18-20-8-7-14(23-18)11-1-6-16-15(9-11)22-17(24)10-25-16;19-12-2-1-3-13(9-12)21-18-20-7-6-14(23-18)11-4-5-16-15(8-11)22-17(24)10-25-16;19-12-2-4-13(5-3-12)21-18-20-8-7-14(23-18)11-1-6-16-15(9-11)22-17(24)10-25-16/h2-10H,11H2,1H3,(H,22,24)(H,20,21,23);2-10H,11H2,1H3,(H,21,24)(H,20,22,23);3*1-9H,10H2,(H,22,24)(H,20,21,23). The number of nitrogens with zero attached hydrogens (tertiary/aromatic N) is 10. The van der Waals surface area contributed by atoms with Crippen LogP contribution in [-0.2, 0) is 24.0 Å². The number of nitrogens with one attached hydrogen (secondary N) is 10. The van der Waals surface area contributed by atoms with E-state index in [2.05, 4.69) is 103 Å². The Morgan fingerprint density at radius 3 is 0.960 bits per heavy atom. The summed E-state index contributed by atoms with van der Waals surface area (Å²) in [6.07, 6.45) is 8.36. The predicted octanol–water partition coefficient (Wildman–Crippen LogP) is 17.9. The van der Waals surface area contributed by atoms with Gasteiger partial charge in [-0.2, -0.15) is 0 Å². The van der Waals surface area contributed by atoms with Gasteiger partial charge in [-0.1, -0.05) is 53.5 Å². The Bertz CT molecular complexity index is 6450. The van der Waals surface area contributed by atoms with E-state index in [0.29, 0.717) is 108 Å². The molecule has 0 spiro atoms. The second-order valence-corrected chi connectivity index (χ2v) is 28.6. The summed E-state index contributed by atoms with van der Waals surface area (Å²) in [4.78, 5) is 101. The molecule has 5 aliphatic heterocycles. The lowest BCUT2D eigenvalue weighted by Gasteiger charge is -2.18. The summed E-state index contributed by atoms with van der Waals surface area (Å²) in [6.45, 7) is 2.20. The number of para-hydroxylation sites is 1. The molecule has 5 aromatic heterocycles. The summed E-state index contributed by atoms with van der Waals surface area (Å²) in [5.41, 5.74) is 16.3. The molecule has 0 radical (unpaired) electrons.